The molecule has 1 fully saturated rings. The number of rotatable bonds is 4. The largest absolute Gasteiger partial charge is 0.340 e. The van der Waals surface area contributed by atoms with Gasteiger partial charge < -0.3 is 9.09 Å². The van der Waals surface area contributed by atoms with Crippen LogP contribution in [0.25, 0.3) is 11.4 Å². The number of likely N-dealkylation sites (tertiary alicyclic amines) is 1. The zero-order chi connectivity index (χ0) is 18.1. The second-order valence-corrected chi connectivity index (χ2v) is 6.76. The lowest BCUT2D eigenvalue weighted by molar-refractivity contribution is 0.201. The molecule has 1 saturated heterocycles. The van der Waals surface area contributed by atoms with Crippen molar-refractivity contribution in [1.82, 2.24) is 19.6 Å². The zero-order valence-corrected chi connectivity index (χ0v) is 15.0. The highest BCUT2D eigenvalue weighted by Gasteiger charge is 2.31. The minimum absolute atomic E-state index is 0.130. The monoisotopic (exact) mass is 347 g/mol. The van der Waals surface area contributed by atoms with Gasteiger partial charge in [0.2, 0.25) is 11.7 Å². The Hall–Kier alpha value is -2.91. The molecule has 1 aliphatic rings. The van der Waals surface area contributed by atoms with Gasteiger partial charge in [0.05, 0.1) is 6.04 Å². The van der Waals surface area contributed by atoms with Crippen molar-refractivity contribution in [2.45, 2.75) is 32.4 Å². The highest BCUT2D eigenvalue weighted by Crippen LogP contribution is 2.34. The third-order valence-corrected chi connectivity index (χ3v) is 5.25. The van der Waals surface area contributed by atoms with Crippen LogP contribution in [0.4, 0.5) is 0 Å². The molecule has 0 radical (unpaired) electrons. The van der Waals surface area contributed by atoms with E-state index >= 15 is 0 Å². The van der Waals surface area contributed by atoms with Crippen LogP contribution in [0.5, 0.6) is 0 Å². The molecule has 3 heterocycles. The maximum atomic E-state index is 9.24. The highest BCUT2D eigenvalue weighted by atomic mass is 16.5. The van der Waals surface area contributed by atoms with Crippen molar-refractivity contribution in [2.24, 2.45) is 7.05 Å². The number of hydrogen-bond donors (Lipinski definition) is 0. The fourth-order valence-electron chi connectivity index (χ4n) is 3.62. The third-order valence-electron chi connectivity index (χ3n) is 5.25. The van der Waals surface area contributed by atoms with Crippen molar-refractivity contribution < 1.29 is 4.52 Å². The van der Waals surface area contributed by atoms with Gasteiger partial charge in [-0.05, 0) is 37.9 Å². The molecule has 0 spiro atoms. The lowest BCUT2D eigenvalue weighted by Gasteiger charge is -2.21. The van der Waals surface area contributed by atoms with E-state index in [0.717, 1.165) is 37.2 Å². The Morgan fingerprint density at radius 3 is 2.85 bits per heavy atom. The Labute approximate surface area is 152 Å². The Morgan fingerprint density at radius 2 is 2.12 bits per heavy atom. The summed E-state index contributed by atoms with van der Waals surface area (Å²) >= 11 is 0. The van der Waals surface area contributed by atoms with Gasteiger partial charge in [0.1, 0.15) is 11.8 Å². The second-order valence-electron chi connectivity index (χ2n) is 6.76. The van der Waals surface area contributed by atoms with Crippen molar-refractivity contribution in [3.63, 3.8) is 0 Å². The Bertz CT molecular complexity index is 950. The van der Waals surface area contributed by atoms with Crippen LogP contribution in [0.15, 0.2) is 40.9 Å². The second kappa shape index (κ2) is 6.77. The van der Waals surface area contributed by atoms with Crippen molar-refractivity contribution >= 4 is 0 Å². The fourth-order valence-corrected chi connectivity index (χ4v) is 3.62. The van der Waals surface area contributed by atoms with E-state index in [1.807, 2.05) is 48.0 Å². The molecular weight excluding hydrogens is 326 g/mol. The molecule has 1 aliphatic heterocycles. The average molecular weight is 347 g/mol. The van der Waals surface area contributed by atoms with E-state index in [2.05, 4.69) is 28.0 Å². The lowest BCUT2D eigenvalue weighted by atomic mass is 10.2. The lowest BCUT2D eigenvalue weighted by Crippen LogP contribution is -2.23. The molecule has 0 N–H and O–H groups in total. The van der Waals surface area contributed by atoms with Gasteiger partial charge in [0.25, 0.3) is 0 Å². The first-order chi connectivity index (χ1) is 12.7. The van der Waals surface area contributed by atoms with Crippen LogP contribution in [0, 0.1) is 18.3 Å². The molecular formula is C20H21N5O. The van der Waals surface area contributed by atoms with Crippen LogP contribution >= 0.6 is 0 Å². The molecule has 0 aliphatic carbocycles. The standard InChI is InChI=1S/C20H21N5O/c1-14-16(11-17(12-21)24(14)2)13-25-10-6-9-18(25)20-22-19(23-26-20)15-7-4-3-5-8-15/h3-5,7-8,11,18H,6,9-10,13H2,1-2H3/t18-/m0/s1. The SMILES string of the molecule is Cc1c(CN2CCC[C@H]2c2nc(-c3ccccc3)no2)cc(C#N)n1C. The number of benzene rings is 1. The average Bonchev–Trinajstić information content (AvgIpc) is 3.38. The summed E-state index contributed by atoms with van der Waals surface area (Å²) in [7, 11) is 1.93. The first kappa shape index (κ1) is 16.6. The van der Waals surface area contributed by atoms with Gasteiger partial charge in [-0.25, -0.2) is 0 Å². The first-order valence-electron chi connectivity index (χ1n) is 8.85. The number of nitrogens with zero attached hydrogens (tertiary/aromatic N) is 5. The molecule has 1 atom stereocenters. The molecule has 132 valence electrons. The smallest absolute Gasteiger partial charge is 0.244 e. The highest BCUT2D eigenvalue weighted by molar-refractivity contribution is 5.53. The zero-order valence-electron chi connectivity index (χ0n) is 15.0. The third kappa shape index (κ3) is 2.91. The molecule has 0 unspecified atom stereocenters. The molecule has 0 saturated carbocycles. The van der Waals surface area contributed by atoms with E-state index in [4.69, 9.17) is 4.52 Å². The normalized spacial score (nSPS) is 17.5. The van der Waals surface area contributed by atoms with Crippen molar-refractivity contribution in [2.75, 3.05) is 6.54 Å². The molecule has 6 nitrogen and oxygen atoms in total. The maximum absolute atomic E-state index is 9.24. The van der Waals surface area contributed by atoms with Crippen LogP contribution in [0.3, 0.4) is 0 Å². The first-order valence-corrected chi connectivity index (χ1v) is 8.85. The van der Waals surface area contributed by atoms with Crippen molar-refractivity contribution in [1.29, 1.82) is 5.26 Å². The molecule has 4 rings (SSSR count). The van der Waals surface area contributed by atoms with Crippen molar-refractivity contribution in [3.05, 3.63) is 59.2 Å². The number of hydrogen-bond acceptors (Lipinski definition) is 5. The van der Waals surface area contributed by atoms with Crippen LogP contribution in [0.1, 0.15) is 41.7 Å². The summed E-state index contributed by atoms with van der Waals surface area (Å²) in [5.41, 5.74) is 3.96. The van der Waals surface area contributed by atoms with Gasteiger partial charge >= 0.3 is 0 Å². The van der Waals surface area contributed by atoms with E-state index in [1.54, 1.807) is 0 Å². The van der Waals surface area contributed by atoms with E-state index in [-0.39, 0.29) is 6.04 Å². The Balaban J connectivity index is 1.56. The van der Waals surface area contributed by atoms with Gasteiger partial charge in [-0.1, -0.05) is 35.5 Å². The summed E-state index contributed by atoms with van der Waals surface area (Å²) in [5.74, 6) is 1.31. The van der Waals surface area contributed by atoms with Gasteiger partial charge in [0, 0.05) is 24.8 Å². The quantitative estimate of drug-likeness (QED) is 0.721. The van der Waals surface area contributed by atoms with Gasteiger partial charge in [-0.2, -0.15) is 10.2 Å². The van der Waals surface area contributed by atoms with Crippen LogP contribution in [-0.2, 0) is 13.6 Å². The predicted octanol–water partition coefficient (Wildman–Crippen LogP) is 3.59. The van der Waals surface area contributed by atoms with E-state index in [9.17, 15) is 5.26 Å². The van der Waals surface area contributed by atoms with Crippen LogP contribution in [-0.4, -0.2) is 26.2 Å². The number of nitriles is 1. The van der Waals surface area contributed by atoms with Crippen molar-refractivity contribution in [3.8, 4) is 17.5 Å². The van der Waals surface area contributed by atoms with Crippen LogP contribution in [0.2, 0.25) is 0 Å². The molecule has 1 aromatic carbocycles. The summed E-state index contributed by atoms with van der Waals surface area (Å²) in [5, 5.41) is 13.4. The molecule has 0 amide bonds. The summed E-state index contributed by atoms with van der Waals surface area (Å²) in [6.07, 6.45) is 2.11. The maximum Gasteiger partial charge on any atom is 0.244 e. The summed E-state index contributed by atoms with van der Waals surface area (Å²) in [6, 6.07) is 14.2. The minimum Gasteiger partial charge on any atom is -0.340 e. The fraction of sp³-hybridized carbons (Fsp3) is 0.350. The molecule has 3 aromatic rings. The Morgan fingerprint density at radius 1 is 1.31 bits per heavy atom. The molecule has 2 aromatic heterocycles. The molecule has 0 bridgehead atoms. The van der Waals surface area contributed by atoms with E-state index in [1.165, 1.54) is 5.56 Å². The minimum atomic E-state index is 0.130. The summed E-state index contributed by atoms with van der Waals surface area (Å²) < 4.78 is 7.54. The van der Waals surface area contributed by atoms with Crippen LogP contribution < -0.4 is 0 Å². The Kier molecular flexibility index (Phi) is 4.31. The molecule has 6 heteroatoms. The van der Waals surface area contributed by atoms with E-state index in [0.29, 0.717) is 17.4 Å². The van der Waals surface area contributed by atoms with Gasteiger partial charge in [0.15, 0.2) is 0 Å². The van der Waals surface area contributed by atoms with E-state index < -0.39 is 0 Å². The van der Waals surface area contributed by atoms with Gasteiger partial charge in [-0.3, -0.25) is 4.90 Å². The summed E-state index contributed by atoms with van der Waals surface area (Å²) in [6.45, 7) is 3.83. The van der Waals surface area contributed by atoms with Gasteiger partial charge in [-0.15, -0.1) is 0 Å². The number of aromatic nitrogens is 3. The summed E-state index contributed by atoms with van der Waals surface area (Å²) in [4.78, 5) is 7.01. The predicted molar refractivity (Wildman–Crippen MR) is 97.0 cm³/mol. The topological polar surface area (TPSA) is 70.9 Å². The molecule has 26 heavy (non-hydrogen) atoms.